The molecule has 1 aliphatic heterocycles. The lowest BCUT2D eigenvalue weighted by molar-refractivity contribution is -0.137. The van der Waals surface area contributed by atoms with Gasteiger partial charge in [-0.1, -0.05) is 38.1 Å². The van der Waals surface area contributed by atoms with Crippen LogP contribution in [0.4, 0.5) is 32.3 Å². The number of nitrogens with zero attached hydrogens (tertiary/aromatic N) is 4. The fourth-order valence-corrected chi connectivity index (χ4v) is 8.90. The number of methoxy groups -OCH3 is 1. The van der Waals surface area contributed by atoms with E-state index in [2.05, 4.69) is 28.7 Å². The van der Waals surface area contributed by atoms with Gasteiger partial charge in [0.1, 0.15) is 5.75 Å². The molecule has 0 unspecified atom stereocenters. The summed E-state index contributed by atoms with van der Waals surface area (Å²) in [5, 5.41) is 0. The lowest BCUT2D eigenvalue weighted by Gasteiger charge is -2.42. The number of benzene rings is 2. The number of aromatic nitrogens is 3. The van der Waals surface area contributed by atoms with E-state index in [-0.39, 0.29) is 49.2 Å². The smallest absolute Gasteiger partial charge is 0.416 e. The normalized spacial score (nSPS) is 20.4. The summed E-state index contributed by atoms with van der Waals surface area (Å²) in [5.41, 5.74) is 3.71. The highest BCUT2D eigenvalue weighted by Gasteiger charge is 2.44. The molecule has 0 amide bonds. The van der Waals surface area contributed by atoms with Crippen LogP contribution in [-0.2, 0) is 35.3 Å². The molecule has 13 heteroatoms. The number of hydrogen-bond acceptors (Lipinski definition) is 7. The second-order valence-corrected chi connectivity index (χ2v) is 16.8. The molecule has 2 aliphatic carbocycles. The number of hydrogen-bond donors (Lipinski definition) is 0. The molecule has 3 aliphatic rings. The number of alkyl halides is 6. The molecule has 3 heterocycles. The number of piperidine rings is 1. The van der Waals surface area contributed by atoms with E-state index in [0.29, 0.717) is 80.5 Å². The number of pyridine rings is 1. The Bertz CT molecular complexity index is 1990. The number of fused-ring (bicyclic) bond motifs is 1. The molecule has 0 N–H and O–H groups in total. The van der Waals surface area contributed by atoms with Crippen molar-refractivity contribution >= 4 is 5.95 Å². The van der Waals surface area contributed by atoms with E-state index >= 15 is 4.39 Å². The molecule has 0 bridgehead atoms. The SMILES string of the molecule is CCOCc1cnc(N2CCC(c3nc4c(c(C5CCC(F)(F)CC5)c3[C@@H](F)c3ccc(C(F)(F)F)cc3)[C@@H](OCc3ccc(OC)cc3)CC(C)(C)C4)CC2)nc1. The Hall–Kier alpha value is -4.23. The number of ether oxygens (including phenoxy) is 3. The standard InChI is InChI=1S/C45H52F6N4O3/c1-5-57-26-29-24-52-42(53-25-29)55-20-16-32(17-21-55)41-39(40(46)31-8-10-33(11-9-31)45(49,50)51)37(30-14-18-44(47,48)19-15-30)38-35(54-41)22-43(2,3)23-36(38)58-27-28-6-12-34(56-4)13-7-28/h6-13,24-25,30,32,36,40H,5,14-23,26-27H2,1-4H3/t36-,40-/m0/s1. The van der Waals surface area contributed by atoms with Crippen molar-refractivity contribution in [1.82, 2.24) is 15.0 Å². The topological polar surface area (TPSA) is 69.6 Å². The minimum Gasteiger partial charge on any atom is -0.497 e. The van der Waals surface area contributed by atoms with Gasteiger partial charge in [0, 0.05) is 73.2 Å². The zero-order valence-electron chi connectivity index (χ0n) is 33.6. The molecule has 0 radical (unpaired) electrons. The number of halogens is 6. The largest absolute Gasteiger partial charge is 0.497 e. The van der Waals surface area contributed by atoms with Gasteiger partial charge in [0.05, 0.1) is 37.7 Å². The maximum Gasteiger partial charge on any atom is 0.416 e. The summed E-state index contributed by atoms with van der Waals surface area (Å²) in [6, 6.07) is 11.7. The highest BCUT2D eigenvalue weighted by atomic mass is 19.4. The molecule has 312 valence electrons. The monoisotopic (exact) mass is 810 g/mol. The van der Waals surface area contributed by atoms with Gasteiger partial charge in [0.25, 0.3) is 0 Å². The third-order valence-electron chi connectivity index (χ3n) is 12.0. The summed E-state index contributed by atoms with van der Waals surface area (Å²) in [7, 11) is 1.59. The zero-order chi connectivity index (χ0) is 41.2. The lowest BCUT2D eigenvalue weighted by atomic mass is 9.68. The van der Waals surface area contributed by atoms with E-state index in [1.54, 1.807) is 19.5 Å². The van der Waals surface area contributed by atoms with Crippen LogP contribution >= 0.6 is 0 Å². The predicted molar refractivity (Wildman–Crippen MR) is 209 cm³/mol. The first kappa shape index (κ1) is 41.9. The summed E-state index contributed by atoms with van der Waals surface area (Å²) in [5.74, 6) is -2.19. The summed E-state index contributed by atoms with van der Waals surface area (Å²) < 4.78 is 106. The summed E-state index contributed by atoms with van der Waals surface area (Å²) in [6.45, 7) is 8.58. The van der Waals surface area contributed by atoms with E-state index in [4.69, 9.17) is 19.2 Å². The van der Waals surface area contributed by atoms with E-state index < -0.39 is 35.9 Å². The van der Waals surface area contributed by atoms with Crippen LogP contribution in [0.15, 0.2) is 60.9 Å². The Morgan fingerprint density at radius 2 is 1.50 bits per heavy atom. The van der Waals surface area contributed by atoms with Gasteiger partial charge in [0.2, 0.25) is 11.9 Å². The Balaban J connectivity index is 1.32. The molecule has 0 spiro atoms. The second-order valence-electron chi connectivity index (χ2n) is 16.8. The van der Waals surface area contributed by atoms with Crippen LogP contribution in [0, 0.1) is 5.41 Å². The van der Waals surface area contributed by atoms with Gasteiger partial charge in [-0.2, -0.15) is 13.2 Å². The first-order chi connectivity index (χ1) is 27.6. The Morgan fingerprint density at radius 3 is 2.10 bits per heavy atom. The molecule has 7 rings (SSSR count). The third kappa shape index (κ3) is 9.46. The Morgan fingerprint density at radius 1 is 0.845 bits per heavy atom. The first-order valence-electron chi connectivity index (χ1n) is 20.3. The fraction of sp³-hybridized carbons (Fsp3) is 0.533. The molecule has 7 nitrogen and oxygen atoms in total. The fourth-order valence-electron chi connectivity index (χ4n) is 8.90. The highest BCUT2D eigenvalue weighted by Crippen LogP contribution is 2.53. The maximum absolute atomic E-state index is 17.8. The van der Waals surface area contributed by atoms with Crippen molar-refractivity contribution in [3.8, 4) is 5.75 Å². The quantitative estimate of drug-likeness (QED) is 0.132. The number of anilines is 1. The van der Waals surface area contributed by atoms with E-state index in [1.165, 1.54) is 12.1 Å². The van der Waals surface area contributed by atoms with Crippen LogP contribution in [-0.4, -0.2) is 47.7 Å². The molecule has 1 saturated carbocycles. The Labute approximate surface area is 336 Å². The zero-order valence-corrected chi connectivity index (χ0v) is 33.6. The van der Waals surface area contributed by atoms with E-state index in [0.717, 1.165) is 34.5 Å². The van der Waals surface area contributed by atoms with E-state index in [1.807, 2.05) is 31.2 Å². The van der Waals surface area contributed by atoms with Crippen LogP contribution in [0.1, 0.15) is 140 Å². The average Bonchev–Trinajstić information content (AvgIpc) is 3.21. The van der Waals surface area contributed by atoms with Crippen molar-refractivity contribution in [3.05, 3.63) is 111 Å². The number of rotatable bonds is 12. The van der Waals surface area contributed by atoms with Gasteiger partial charge in [0.15, 0.2) is 6.17 Å². The Kier molecular flexibility index (Phi) is 12.4. The third-order valence-corrected chi connectivity index (χ3v) is 12.0. The minimum absolute atomic E-state index is 0.0585. The second kappa shape index (κ2) is 17.2. The van der Waals surface area contributed by atoms with Crippen LogP contribution in [0.3, 0.4) is 0 Å². The molecular weight excluding hydrogens is 759 g/mol. The maximum atomic E-state index is 17.8. The molecule has 2 fully saturated rings. The van der Waals surface area contributed by atoms with Crippen molar-refractivity contribution in [2.45, 2.75) is 122 Å². The molecule has 4 aromatic rings. The van der Waals surface area contributed by atoms with Gasteiger partial charge in [-0.15, -0.1) is 0 Å². The van der Waals surface area contributed by atoms with Crippen LogP contribution < -0.4 is 9.64 Å². The van der Waals surface area contributed by atoms with Crippen molar-refractivity contribution in [1.29, 1.82) is 0 Å². The van der Waals surface area contributed by atoms with Crippen molar-refractivity contribution < 1.29 is 40.6 Å². The molecule has 2 atom stereocenters. The predicted octanol–water partition coefficient (Wildman–Crippen LogP) is 11.4. The van der Waals surface area contributed by atoms with Crippen molar-refractivity contribution in [2.24, 2.45) is 5.41 Å². The van der Waals surface area contributed by atoms with Gasteiger partial charge in [-0.3, -0.25) is 4.98 Å². The minimum atomic E-state index is -4.59. The summed E-state index contributed by atoms with van der Waals surface area (Å²) in [4.78, 5) is 16.6. The van der Waals surface area contributed by atoms with Gasteiger partial charge >= 0.3 is 6.18 Å². The van der Waals surface area contributed by atoms with Gasteiger partial charge < -0.3 is 19.1 Å². The van der Waals surface area contributed by atoms with E-state index in [9.17, 15) is 22.0 Å². The highest BCUT2D eigenvalue weighted by molar-refractivity contribution is 5.51. The van der Waals surface area contributed by atoms with Crippen LogP contribution in [0.25, 0.3) is 0 Å². The summed E-state index contributed by atoms with van der Waals surface area (Å²) >= 11 is 0. The van der Waals surface area contributed by atoms with Gasteiger partial charge in [-0.05, 0) is 97.7 Å². The van der Waals surface area contributed by atoms with Crippen molar-refractivity contribution in [3.63, 3.8) is 0 Å². The summed E-state index contributed by atoms with van der Waals surface area (Å²) in [6.07, 6.45) is -1.54. The van der Waals surface area contributed by atoms with Gasteiger partial charge in [-0.25, -0.2) is 23.1 Å². The molecule has 2 aromatic heterocycles. The lowest BCUT2D eigenvalue weighted by Crippen LogP contribution is -2.36. The molecule has 58 heavy (non-hydrogen) atoms. The van der Waals surface area contributed by atoms with Crippen LogP contribution in [0.5, 0.6) is 5.75 Å². The first-order valence-corrected chi connectivity index (χ1v) is 20.3. The molecule has 2 aromatic carbocycles. The molecular formula is C45H52F6N4O3. The van der Waals surface area contributed by atoms with Crippen molar-refractivity contribution in [2.75, 3.05) is 31.7 Å². The average molecular weight is 811 g/mol. The van der Waals surface area contributed by atoms with Crippen LogP contribution in [0.2, 0.25) is 0 Å². The molecule has 1 saturated heterocycles.